The maximum absolute atomic E-state index is 12.3. The Balaban J connectivity index is 1.64. The highest BCUT2D eigenvalue weighted by Gasteiger charge is 2.35. The third-order valence-electron chi connectivity index (χ3n) is 5.17. The van der Waals surface area contributed by atoms with E-state index in [1.54, 1.807) is 52.1 Å². The Kier molecular flexibility index (Phi) is 5.31. The Morgan fingerprint density at radius 1 is 1.20 bits per heavy atom. The average Bonchev–Trinajstić information content (AvgIpc) is 3.49. The van der Waals surface area contributed by atoms with Crippen molar-refractivity contribution in [3.8, 4) is 16.8 Å². The summed E-state index contributed by atoms with van der Waals surface area (Å²) in [6, 6.07) is 8.44. The highest BCUT2D eigenvalue weighted by atomic mass is 32.2. The fourth-order valence-corrected chi connectivity index (χ4v) is 5.19. The van der Waals surface area contributed by atoms with E-state index in [2.05, 4.69) is 9.94 Å². The van der Waals surface area contributed by atoms with Crippen LogP contribution < -0.4 is 5.56 Å². The van der Waals surface area contributed by atoms with Crippen molar-refractivity contribution in [3.63, 3.8) is 0 Å². The Hall–Kier alpha value is -3.18. The first-order valence-electron chi connectivity index (χ1n) is 9.89. The Labute approximate surface area is 175 Å². The highest BCUT2D eigenvalue weighted by Crippen LogP contribution is 2.34. The molecule has 0 aliphatic heterocycles. The number of aryl methyl sites for hydroxylation is 1. The maximum Gasteiger partial charge on any atom is 0.250 e. The van der Waals surface area contributed by atoms with Gasteiger partial charge in [0.2, 0.25) is 0 Å². The van der Waals surface area contributed by atoms with E-state index in [1.165, 1.54) is 6.07 Å². The number of benzene rings is 1. The van der Waals surface area contributed by atoms with Crippen LogP contribution in [0.5, 0.6) is 0 Å². The molecule has 0 radical (unpaired) electrons. The largest absolute Gasteiger partial charge is 0.313 e. The van der Waals surface area contributed by atoms with Gasteiger partial charge in [0.1, 0.15) is 0 Å². The molecule has 1 fully saturated rings. The molecule has 2 aromatic heterocycles. The minimum atomic E-state index is -3.13. The number of rotatable bonds is 7. The van der Waals surface area contributed by atoms with E-state index < -0.39 is 9.84 Å². The van der Waals surface area contributed by atoms with Crippen LogP contribution in [0.4, 0.5) is 5.69 Å². The van der Waals surface area contributed by atoms with Gasteiger partial charge < -0.3 is 4.57 Å². The van der Waals surface area contributed by atoms with Crippen molar-refractivity contribution in [1.29, 1.82) is 0 Å². The monoisotopic (exact) mass is 422 g/mol. The van der Waals surface area contributed by atoms with Crippen LogP contribution in [0.1, 0.15) is 31.7 Å². The standard InChI is InChI=1S/C22H22N4O3S/c1-3-10-25-14-18(5-9-22(25)27)26-13-17(12-24-26)20-8-4-16(11-21(20)23-2)15-30(28,29)19-6-7-19/h4-5,8-9,11-14,19H,3,6-7,10,15H2,1H3. The first kappa shape index (κ1) is 20.1. The number of hydrogen-bond donors (Lipinski definition) is 0. The van der Waals surface area contributed by atoms with Gasteiger partial charge in [-0.25, -0.2) is 17.9 Å². The van der Waals surface area contributed by atoms with E-state index in [4.69, 9.17) is 6.57 Å². The third kappa shape index (κ3) is 4.07. The molecule has 1 saturated carbocycles. The van der Waals surface area contributed by atoms with Gasteiger partial charge in [-0.05, 0) is 36.5 Å². The molecular formula is C22H22N4O3S. The van der Waals surface area contributed by atoms with E-state index in [0.29, 0.717) is 23.4 Å². The zero-order valence-electron chi connectivity index (χ0n) is 16.7. The number of hydrogen-bond acceptors (Lipinski definition) is 4. The SMILES string of the molecule is [C-]#[N+]c1cc(CS(=O)(=O)C2CC2)ccc1-c1cnn(-c2ccc(=O)n(CCC)c2)c1. The zero-order valence-corrected chi connectivity index (χ0v) is 17.5. The maximum atomic E-state index is 12.3. The second kappa shape index (κ2) is 7.92. The summed E-state index contributed by atoms with van der Waals surface area (Å²) in [6.07, 6.45) is 7.57. The van der Waals surface area contributed by atoms with Crippen LogP contribution in [0.2, 0.25) is 0 Å². The number of sulfone groups is 1. The van der Waals surface area contributed by atoms with Crippen molar-refractivity contribution in [3.05, 3.63) is 76.3 Å². The molecule has 0 N–H and O–H groups in total. The van der Waals surface area contributed by atoms with Gasteiger partial charge in [-0.3, -0.25) is 4.79 Å². The minimum absolute atomic E-state index is 0.0291. The molecule has 154 valence electrons. The summed E-state index contributed by atoms with van der Waals surface area (Å²) < 4.78 is 27.8. The van der Waals surface area contributed by atoms with Crippen LogP contribution >= 0.6 is 0 Å². The summed E-state index contributed by atoms with van der Waals surface area (Å²) >= 11 is 0. The van der Waals surface area contributed by atoms with Gasteiger partial charge in [0.25, 0.3) is 5.56 Å². The summed E-state index contributed by atoms with van der Waals surface area (Å²) in [5.41, 5.74) is 3.19. The average molecular weight is 423 g/mol. The zero-order chi connectivity index (χ0) is 21.3. The summed E-state index contributed by atoms with van der Waals surface area (Å²) in [7, 11) is -3.13. The molecule has 30 heavy (non-hydrogen) atoms. The molecule has 0 atom stereocenters. The predicted molar refractivity (Wildman–Crippen MR) is 115 cm³/mol. The molecule has 7 nitrogen and oxygen atoms in total. The molecule has 4 rings (SSSR count). The van der Waals surface area contributed by atoms with Crippen molar-refractivity contribution < 1.29 is 8.42 Å². The Morgan fingerprint density at radius 3 is 2.70 bits per heavy atom. The lowest BCUT2D eigenvalue weighted by Gasteiger charge is -2.08. The van der Waals surface area contributed by atoms with E-state index in [-0.39, 0.29) is 16.6 Å². The third-order valence-corrected chi connectivity index (χ3v) is 7.40. The van der Waals surface area contributed by atoms with Crippen LogP contribution in [-0.2, 0) is 22.1 Å². The van der Waals surface area contributed by atoms with Crippen LogP contribution in [0.15, 0.2) is 53.7 Å². The van der Waals surface area contributed by atoms with Gasteiger partial charge in [-0.1, -0.05) is 25.1 Å². The van der Waals surface area contributed by atoms with Gasteiger partial charge in [-0.2, -0.15) is 5.10 Å². The molecule has 3 aromatic rings. The minimum Gasteiger partial charge on any atom is -0.313 e. The molecule has 0 unspecified atom stereocenters. The quantitative estimate of drug-likeness (QED) is 0.544. The van der Waals surface area contributed by atoms with Crippen LogP contribution in [0.3, 0.4) is 0 Å². The Bertz CT molecular complexity index is 1290. The Morgan fingerprint density at radius 2 is 2.00 bits per heavy atom. The molecule has 8 heteroatoms. The summed E-state index contributed by atoms with van der Waals surface area (Å²) in [5, 5.41) is 4.17. The van der Waals surface area contributed by atoms with Crippen LogP contribution in [0, 0.1) is 6.57 Å². The molecular weight excluding hydrogens is 400 g/mol. The van der Waals surface area contributed by atoms with Crippen LogP contribution in [0.25, 0.3) is 21.7 Å². The smallest absolute Gasteiger partial charge is 0.250 e. The van der Waals surface area contributed by atoms with E-state index in [1.807, 2.05) is 6.92 Å². The van der Waals surface area contributed by atoms with Gasteiger partial charge in [0.15, 0.2) is 15.5 Å². The second-order valence-electron chi connectivity index (χ2n) is 7.56. The van der Waals surface area contributed by atoms with Crippen molar-refractivity contribution in [2.75, 3.05) is 0 Å². The normalized spacial score (nSPS) is 13.9. The molecule has 1 aliphatic rings. The molecule has 2 heterocycles. The molecule has 0 saturated heterocycles. The van der Waals surface area contributed by atoms with Crippen molar-refractivity contribution in [2.24, 2.45) is 0 Å². The van der Waals surface area contributed by atoms with Gasteiger partial charge >= 0.3 is 0 Å². The highest BCUT2D eigenvalue weighted by molar-refractivity contribution is 7.91. The fraction of sp³-hybridized carbons (Fsp3) is 0.318. The van der Waals surface area contributed by atoms with E-state index in [0.717, 1.165) is 30.5 Å². The van der Waals surface area contributed by atoms with Crippen molar-refractivity contribution >= 4 is 15.5 Å². The molecule has 0 amide bonds. The first-order valence-corrected chi connectivity index (χ1v) is 11.6. The lowest BCUT2D eigenvalue weighted by atomic mass is 10.1. The van der Waals surface area contributed by atoms with Crippen LogP contribution in [-0.4, -0.2) is 28.0 Å². The summed E-state index contributed by atoms with van der Waals surface area (Å²) in [4.78, 5) is 15.5. The molecule has 1 aromatic carbocycles. The summed E-state index contributed by atoms with van der Waals surface area (Å²) in [5.74, 6) is -0.0291. The number of pyridine rings is 1. The second-order valence-corrected chi connectivity index (χ2v) is 9.84. The van der Waals surface area contributed by atoms with E-state index in [9.17, 15) is 13.2 Å². The number of nitrogens with zero attached hydrogens (tertiary/aromatic N) is 4. The summed E-state index contributed by atoms with van der Waals surface area (Å²) in [6.45, 7) is 10.2. The van der Waals surface area contributed by atoms with Crippen molar-refractivity contribution in [2.45, 2.75) is 43.7 Å². The van der Waals surface area contributed by atoms with Crippen molar-refractivity contribution in [1.82, 2.24) is 14.3 Å². The number of aromatic nitrogens is 3. The fourth-order valence-electron chi connectivity index (χ4n) is 3.45. The lowest BCUT2D eigenvalue weighted by Crippen LogP contribution is -2.19. The molecule has 1 aliphatic carbocycles. The lowest BCUT2D eigenvalue weighted by molar-refractivity contribution is 0.594. The van der Waals surface area contributed by atoms with Gasteiger partial charge in [0.05, 0.1) is 29.5 Å². The van der Waals surface area contributed by atoms with Gasteiger partial charge in [0, 0.05) is 30.6 Å². The van der Waals surface area contributed by atoms with Gasteiger partial charge in [-0.15, -0.1) is 0 Å². The molecule has 0 spiro atoms. The predicted octanol–water partition coefficient (Wildman–Crippen LogP) is 3.74. The molecule has 0 bridgehead atoms. The first-order chi connectivity index (χ1) is 14.4. The van der Waals surface area contributed by atoms with E-state index >= 15 is 0 Å². The topological polar surface area (TPSA) is 78.3 Å².